The van der Waals surface area contributed by atoms with Crippen molar-refractivity contribution in [3.05, 3.63) is 46.3 Å². The van der Waals surface area contributed by atoms with Gasteiger partial charge in [-0.05, 0) is 18.6 Å². The van der Waals surface area contributed by atoms with Crippen LogP contribution >= 0.6 is 0 Å². The van der Waals surface area contributed by atoms with Crippen LogP contribution in [-0.2, 0) is 6.54 Å². The highest BCUT2D eigenvalue weighted by Gasteiger charge is 2.09. The minimum absolute atomic E-state index is 0.0460. The number of aromatic amines is 1. The first-order chi connectivity index (χ1) is 10.1. The van der Waals surface area contributed by atoms with Crippen molar-refractivity contribution in [2.45, 2.75) is 13.5 Å². The third-order valence-corrected chi connectivity index (χ3v) is 3.07. The number of hydrogen-bond donors (Lipinski definition) is 2. The Morgan fingerprint density at radius 3 is 3.05 bits per heavy atom. The third kappa shape index (κ3) is 2.83. The zero-order valence-corrected chi connectivity index (χ0v) is 11.4. The van der Waals surface area contributed by atoms with Crippen molar-refractivity contribution in [3.8, 4) is 0 Å². The lowest BCUT2D eigenvalue weighted by atomic mass is 10.3. The second-order valence-corrected chi connectivity index (χ2v) is 4.75. The van der Waals surface area contributed by atoms with Crippen LogP contribution in [0.25, 0.3) is 11.0 Å². The molecule has 2 N–H and O–H groups in total. The summed E-state index contributed by atoms with van der Waals surface area (Å²) in [5.41, 5.74) is 2.50. The Kier molecular flexibility index (Phi) is 3.27. The number of aromatic nitrogens is 4. The molecule has 0 atom stereocenters. The van der Waals surface area contributed by atoms with Gasteiger partial charge in [-0.15, -0.1) is 0 Å². The van der Waals surface area contributed by atoms with E-state index in [0.717, 1.165) is 5.56 Å². The van der Waals surface area contributed by atoms with E-state index >= 15 is 0 Å². The molecule has 0 radical (unpaired) electrons. The monoisotopic (exact) mass is 286 g/mol. The molecule has 8 heteroatoms. The van der Waals surface area contributed by atoms with Crippen LogP contribution in [-0.4, -0.2) is 31.2 Å². The maximum atomic E-state index is 10.7. The molecule has 0 aliphatic carbocycles. The number of nitro groups is 1. The lowest BCUT2D eigenvalue weighted by Crippen LogP contribution is -2.11. The molecule has 0 amide bonds. The summed E-state index contributed by atoms with van der Waals surface area (Å²) in [6, 6.07) is 4.55. The number of benzene rings is 1. The number of anilines is 1. The van der Waals surface area contributed by atoms with E-state index in [9.17, 15) is 10.1 Å². The van der Waals surface area contributed by atoms with Gasteiger partial charge in [-0.3, -0.25) is 14.8 Å². The molecule has 0 aliphatic rings. The van der Waals surface area contributed by atoms with Crippen molar-refractivity contribution < 1.29 is 4.92 Å². The maximum Gasteiger partial charge on any atom is 0.271 e. The van der Waals surface area contributed by atoms with Gasteiger partial charge >= 0.3 is 0 Å². The fourth-order valence-corrected chi connectivity index (χ4v) is 2.07. The highest BCUT2D eigenvalue weighted by molar-refractivity contribution is 5.79. The fraction of sp³-hybridized carbons (Fsp3) is 0.231. The van der Waals surface area contributed by atoms with Crippen molar-refractivity contribution in [1.82, 2.24) is 19.7 Å². The number of hydrogen-bond acceptors (Lipinski definition) is 5. The average Bonchev–Trinajstić information content (AvgIpc) is 3.03. The van der Waals surface area contributed by atoms with Crippen molar-refractivity contribution in [1.29, 1.82) is 0 Å². The lowest BCUT2D eigenvalue weighted by Gasteiger charge is -2.02. The smallest absolute Gasteiger partial charge is 0.271 e. The first kappa shape index (κ1) is 13.1. The van der Waals surface area contributed by atoms with E-state index < -0.39 is 4.92 Å². The second-order valence-electron chi connectivity index (χ2n) is 4.75. The van der Waals surface area contributed by atoms with Gasteiger partial charge in [0.1, 0.15) is 0 Å². The number of imidazole rings is 1. The van der Waals surface area contributed by atoms with Gasteiger partial charge in [-0.1, -0.05) is 0 Å². The quantitative estimate of drug-likeness (QED) is 0.552. The Labute approximate surface area is 120 Å². The zero-order chi connectivity index (χ0) is 14.8. The van der Waals surface area contributed by atoms with Gasteiger partial charge in [0.25, 0.3) is 5.69 Å². The topological polar surface area (TPSA) is 102 Å². The van der Waals surface area contributed by atoms with Gasteiger partial charge in [0.2, 0.25) is 5.95 Å². The molecule has 108 valence electrons. The second kappa shape index (κ2) is 5.23. The van der Waals surface area contributed by atoms with E-state index in [0.29, 0.717) is 30.1 Å². The molecule has 0 fully saturated rings. The first-order valence-corrected chi connectivity index (χ1v) is 6.49. The van der Waals surface area contributed by atoms with Crippen LogP contribution in [0.3, 0.4) is 0 Å². The molecule has 0 saturated carbocycles. The fourth-order valence-electron chi connectivity index (χ4n) is 2.07. The lowest BCUT2D eigenvalue weighted by molar-refractivity contribution is -0.384. The van der Waals surface area contributed by atoms with Crippen LogP contribution in [0.5, 0.6) is 0 Å². The summed E-state index contributed by atoms with van der Waals surface area (Å²) in [7, 11) is 0. The number of nitrogens with one attached hydrogen (secondary N) is 2. The highest BCUT2D eigenvalue weighted by Crippen LogP contribution is 2.20. The van der Waals surface area contributed by atoms with Gasteiger partial charge in [-0.25, -0.2) is 4.98 Å². The molecule has 3 aromatic rings. The minimum atomic E-state index is -0.423. The third-order valence-electron chi connectivity index (χ3n) is 3.07. The molecular formula is C13H14N6O2. The van der Waals surface area contributed by atoms with E-state index in [4.69, 9.17) is 0 Å². The molecule has 0 bridgehead atoms. The molecule has 1 aromatic carbocycles. The molecular weight excluding hydrogens is 272 g/mol. The Balaban J connectivity index is 1.68. The van der Waals surface area contributed by atoms with Crippen molar-refractivity contribution in [3.63, 3.8) is 0 Å². The zero-order valence-electron chi connectivity index (χ0n) is 11.4. The summed E-state index contributed by atoms with van der Waals surface area (Å²) >= 11 is 0. The van der Waals surface area contributed by atoms with Crippen LogP contribution in [0.15, 0.2) is 30.6 Å². The van der Waals surface area contributed by atoms with E-state index in [1.807, 2.05) is 17.8 Å². The molecule has 0 aliphatic heterocycles. The summed E-state index contributed by atoms with van der Waals surface area (Å²) in [4.78, 5) is 17.7. The Morgan fingerprint density at radius 1 is 1.48 bits per heavy atom. The molecule has 21 heavy (non-hydrogen) atoms. The van der Waals surface area contributed by atoms with Gasteiger partial charge in [0.05, 0.1) is 28.7 Å². The molecule has 3 rings (SSSR count). The number of rotatable bonds is 5. The number of nitrogens with zero attached hydrogens (tertiary/aromatic N) is 4. The van der Waals surface area contributed by atoms with Gasteiger partial charge < -0.3 is 10.3 Å². The van der Waals surface area contributed by atoms with Crippen molar-refractivity contribution in [2.24, 2.45) is 0 Å². The normalized spacial score (nSPS) is 10.9. The summed E-state index contributed by atoms with van der Waals surface area (Å²) in [5, 5.41) is 18.1. The predicted octanol–water partition coefficient (Wildman–Crippen LogP) is 2.09. The number of fused-ring (bicyclic) bond motifs is 1. The van der Waals surface area contributed by atoms with Crippen molar-refractivity contribution in [2.75, 3.05) is 11.9 Å². The Bertz CT molecular complexity index is 791. The standard InChI is InChI=1S/C13H14N6O2/c1-9-7-15-18(8-9)5-4-14-13-16-11-3-2-10(19(20)21)6-12(11)17-13/h2-3,6-8H,4-5H2,1H3,(H2,14,16,17). The van der Waals surface area contributed by atoms with E-state index in [1.54, 1.807) is 12.3 Å². The molecule has 2 heterocycles. The van der Waals surface area contributed by atoms with Gasteiger partial charge in [-0.2, -0.15) is 5.10 Å². The molecule has 0 spiro atoms. The predicted molar refractivity (Wildman–Crippen MR) is 78.2 cm³/mol. The molecule has 2 aromatic heterocycles. The Morgan fingerprint density at radius 2 is 2.33 bits per heavy atom. The number of aryl methyl sites for hydroxylation is 1. The minimum Gasteiger partial charge on any atom is -0.354 e. The largest absolute Gasteiger partial charge is 0.354 e. The van der Waals surface area contributed by atoms with E-state index in [1.165, 1.54) is 12.1 Å². The van der Waals surface area contributed by atoms with Crippen LogP contribution < -0.4 is 5.32 Å². The van der Waals surface area contributed by atoms with Crippen molar-refractivity contribution >= 4 is 22.7 Å². The molecule has 0 unspecified atom stereocenters. The van der Waals surface area contributed by atoms with E-state index in [-0.39, 0.29) is 5.69 Å². The highest BCUT2D eigenvalue weighted by atomic mass is 16.6. The summed E-state index contributed by atoms with van der Waals surface area (Å²) < 4.78 is 1.84. The maximum absolute atomic E-state index is 10.7. The average molecular weight is 286 g/mol. The number of H-pyrrole nitrogens is 1. The van der Waals surface area contributed by atoms with E-state index in [2.05, 4.69) is 20.4 Å². The number of nitro benzene ring substituents is 1. The summed E-state index contributed by atoms with van der Waals surface area (Å²) in [5.74, 6) is 0.592. The first-order valence-electron chi connectivity index (χ1n) is 6.49. The SMILES string of the molecule is Cc1cnn(CCNc2nc3ccc([N+](=O)[O-])cc3[nH]2)c1. The number of non-ortho nitro benzene ring substituents is 1. The van der Waals surface area contributed by atoms with Gasteiger partial charge in [0, 0.05) is 24.9 Å². The Hall–Kier alpha value is -2.90. The molecule has 0 saturated heterocycles. The van der Waals surface area contributed by atoms with Crippen LogP contribution in [0.4, 0.5) is 11.6 Å². The molecule has 8 nitrogen and oxygen atoms in total. The van der Waals surface area contributed by atoms with Gasteiger partial charge in [0.15, 0.2) is 0 Å². The van der Waals surface area contributed by atoms with Crippen LogP contribution in [0.2, 0.25) is 0 Å². The van der Waals surface area contributed by atoms with Crippen LogP contribution in [0.1, 0.15) is 5.56 Å². The summed E-state index contributed by atoms with van der Waals surface area (Å²) in [6.45, 7) is 3.36. The summed E-state index contributed by atoms with van der Waals surface area (Å²) in [6.07, 6.45) is 3.77. The van der Waals surface area contributed by atoms with Crippen LogP contribution in [0, 0.1) is 17.0 Å².